The Morgan fingerprint density at radius 1 is 1.36 bits per heavy atom. The number of methoxy groups -OCH3 is 1. The Labute approximate surface area is 157 Å². The molecule has 2 aromatic rings. The van der Waals surface area contributed by atoms with Crippen molar-refractivity contribution in [2.45, 2.75) is 31.7 Å². The SMILES string of the molecule is CCOc1cc(/C=C/c2nc(C3(N)CCC3)no2)cc(Cl)c1OC.Cl. The summed E-state index contributed by atoms with van der Waals surface area (Å²) in [5.41, 5.74) is 6.61. The van der Waals surface area contributed by atoms with E-state index >= 15 is 0 Å². The first-order valence-corrected chi connectivity index (χ1v) is 8.25. The van der Waals surface area contributed by atoms with Gasteiger partial charge in [0.25, 0.3) is 5.89 Å². The maximum absolute atomic E-state index is 6.24. The summed E-state index contributed by atoms with van der Waals surface area (Å²) >= 11 is 6.24. The van der Waals surface area contributed by atoms with Gasteiger partial charge in [-0.3, -0.25) is 0 Å². The van der Waals surface area contributed by atoms with Crippen LogP contribution in [-0.2, 0) is 5.54 Å². The summed E-state index contributed by atoms with van der Waals surface area (Å²) in [5.74, 6) is 2.09. The van der Waals surface area contributed by atoms with Crippen molar-refractivity contribution in [2.24, 2.45) is 5.73 Å². The van der Waals surface area contributed by atoms with Gasteiger partial charge in [0.05, 0.1) is 24.3 Å². The largest absolute Gasteiger partial charge is 0.491 e. The van der Waals surface area contributed by atoms with Crippen LogP contribution >= 0.6 is 24.0 Å². The smallest absolute Gasteiger partial charge is 0.250 e. The lowest BCUT2D eigenvalue weighted by atomic mass is 9.77. The second-order valence-corrected chi connectivity index (χ2v) is 6.17. The van der Waals surface area contributed by atoms with Crippen LogP contribution in [0.4, 0.5) is 0 Å². The fraction of sp³-hybridized carbons (Fsp3) is 0.412. The number of halogens is 2. The van der Waals surface area contributed by atoms with Crippen LogP contribution in [-0.4, -0.2) is 23.9 Å². The minimum Gasteiger partial charge on any atom is -0.491 e. The molecule has 0 atom stereocenters. The zero-order valence-corrected chi connectivity index (χ0v) is 15.7. The predicted octanol–water partition coefficient (Wildman–Crippen LogP) is 4.06. The minimum atomic E-state index is -0.429. The highest BCUT2D eigenvalue weighted by molar-refractivity contribution is 6.32. The third-order valence-electron chi connectivity index (χ3n) is 4.09. The van der Waals surface area contributed by atoms with E-state index in [1.165, 1.54) is 0 Å². The summed E-state index contributed by atoms with van der Waals surface area (Å²) in [5, 5.41) is 4.46. The van der Waals surface area contributed by atoms with Gasteiger partial charge >= 0.3 is 0 Å². The highest BCUT2D eigenvalue weighted by Crippen LogP contribution is 2.38. The second-order valence-electron chi connectivity index (χ2n) is 5.77. The van der Waals surface area contributed by atoms with Gasteiger partial charge in [-0.15, -0.1) is 12.4 Å². The molecule has 1 saturated carbocycles. The molecule has 136 valence electrons. The average Bonchev–Trinajstić information content (AvgIpc) is 3.00. The first-order valence-electron chi connectivity index (χ1n) is 7.87. The van der Waals surface area contributed by atoms with Gasteiger partial charge in [0, 0.05) is 6.08 Å². The van der Waals surface area contributed by atoms with Crippen molar-refractivity contribution in [3.8, 4) is 11.5 Å². The predicted molar refractivity (Wildman–Crippen MR) is 99.4 cm³/mol. The van der Waals surface area contributed by atoms with Gasteiger partial charge in [0.2, 0.25) is 0 Å². The number of nitrogens with two attached hydrogens (primary N) is 1. The Balaban J connectivity index is 0.00000225. The number of hydrogen-bond acceptors (Lipinski definition) is 6. The zero-order valence-electron chi connectivity index (χ0n) is 14.1. The van der Waals surface area contributed by atoms with Gasteiger partial charge in [-0.25, -0.2) is 0 Å². The molecule has 1 aromatic heterocycles. The molecule has 6 nitrogen and oxygen atoms in total. The second kappa shape index (κ2) is 8.08. The standard InChI is InChI=1S/C17H20ClN3O3.ClH/c1-3-23-13-10-11(9-12(18)15(13)22-2)5-6-14-20-16(21-24-14)17(19)7-4-8-17;/h5-6,9-10H,3-4,7-8,19H2,1-2H3;1H/b6-5+;. The molecule has 0 amide bonds. The summed E-state index contributed by atoms with van der Waals surface area (Å²) in [6, 6.07) is 3.63. The molecule has 0 bridgehead atoms. The summed E-state index contributed by atoms with van der Waals surface area (Å²) in [4.78, 5) is 4.36. The van der Waals surface area contributed by atoms with Crippen LogP contribution in [0, 0.1) is 0 Å². The molecule has 1 fully saturated rings. The van der Waals surface area contributed by atoms with E-state index in [1.807, 2.05) is 19.1 Å². The fourth-order valence-electron chi connectivity index (χ4n) is 2.60. The van der Waals surface area contributed by atoms with Gasteiger partial charge in [-0.1, -0.05) is 16.8 Å². The van der Waals surface area contributed by atoms with Crippen molar-refractivity contribution in [3.63, 3.8) is 0 Å². The lowest BCUT2D eigenvalue weighted by molar-refractivity contribution is 0.229. The molecule has 0 spiro atoms. The van der Waals surface area contributed by atoms with Gasteiger partial charge in [0.15, 0.2) is 17.3 Å². The summed E-state index contributed by atoms with van der Waals surface area (Å²) < 4.78 is 16.1. The van der Waals surface area contributed by atoms with Crippen molar-refractivity contribution >= 4 is 36.2 Å². The van der Waals surface area contributed by atoms with Gasteiger partial charge in [0.1, 0.15) is 0 Å². The van der Waals surface area contributed by atoms with E-state index in [-0.39, 0.29) is 12.4 Å². The Morgan fingerprint density at radius 2 is 2.12 bits per heavy atom. The zero-order chi connectivity index (χ0) is 17.2. The first kappa shape index (κ1) is 19.6. The molecule has 1 aromatic carbocycles. The highest BCUT2D eigenvalue weighted by atomic mass is 35.5. The minimum absolute atomic E-state index is 0. The van der Waals surface area contributed by atoms with E-state index in [9.17, 15) is 0 Å². The number of ether oxygens (including phenoxy) is 2. The molecule has 0 aliphatic heterocycles. The molecule has 3 rings (SSSR count). The van der Waals surface area contributed by atoms with Crippen LogP contribution in [0.15, 0.2) is 16.7 Å². The van der Waals surface area contributed by atoms with Crippen LogP contribution < -0.4 is 15.2 Å². The average molecular weight is 386 g/mol. The van der Waals surface area contributed by atoms with Crippen LogP contribution in [0.5, 0.6) is 11.5 Å². The van der Waals surface area contributed by atoms with E-state index < -0.39 is 5.54 Å². The molecule has 1 heterocycles. The molecular weight excluding hydrogens is 365 g/mol. The molecular formula is C17H21Cl2N3O3. The Morgan fingerprint density at radius 3 is 2.72 bits per heavy atom. The Kier molecular flexibility index (Phi) is 6.32. The lowest BCUT2D eigenvalue weighted by Gasteiger charge is -2.34. The van der Waals surface area contributed by atoms with E-state index in [0.717, 1.165) is 24.8 Å². The molecule has 2 N–H and O–H groups in total. The molecule has 8 heteroatoms. The van der Waals surface area contributed by atoms with Crippen molar-refractivity contribution in [1.29, 1.82) is 0 Å². The highest BCUT2D eigenvalue weighted by Gasteiger charge is 2.38. The van der Waals surface area contributed by atoms with Gasteiger partial charge in [-0.05, 0) is 50.0 Å². The lowest BCUT2D eigenvalue weighted by Crippen LogP contribution is -2.44. The van der Waals surface area contributed by atoms with Crippen LogP contribution in [0.3, 0.4) is 0 Å². The van der Waals surface area contributed by atoms with E-state index in [2.05, 4.69) is 10.1 Å². The van der Waals surface area contributed by atoms with E-state index in [0.29, 0.717) is 34.8 Å². The topological polar surface area (TPSA) is 83.4 Å². The van der Waals surface area contributed by atoms with Crippen molar-refractivity contribution in [2.75, 3.05) is 13.7 Å². The van der Waals surface area contributed by atoms with E-state index in [4.69, 9.17) is 31.3 Å². The maximum Gasteiger partial charge on any atom is 0.250 e. The van der Waals surface area contributed by atoms with E-state index in [1.54, 1.807) is 19.3 Å². The number of aromatic nitrogens is 2. The van der Waals surface area contributed by atoms with Crippen LogP contribution in [0.1, 0.15) is 43.5 Å². The molecule has 1 aliphatic carbocycles. The van der Waals surface area contributed by atoms with Gasteiger partial charge < -0.3 is 19.7 Å². The van der Waals surface area contributed by atoms with Crippen molar-refractivity contribution < 1.29 is 14.0 Å². The number of nitrogens with zero attached hydrogens (tertiary/aromatic N) is 2. The molecule has 0 unspecified atom stereocenters. The van der Waals surface area contributed by atoms with Crippen LogP contribution in [0.2, 0.25) is 5.02 Å². The first-order chi connectivity index (χ1) is 11.6. The van der Waals surface area contributed by atoms with Crippen LogP contribution in [0.25, 0.3) is 12.2 Å². The maximum atomic E-state index is 6.24. The Bertz CT molecular complexity index is 758. The summed E-state index contributed by atoms with van der Waals surface area (Å²) in [6.07, 6.45) is 6.44. The van der Waals surface area contributed by atoms with Crippen molar-refractivity contribution in [3.05, 3.63) is 34.4 Å². The third kappa shape index (κ3) is 4.08. The molecule has 0 saturated heterocycles. The number of benzene rings is 1. The molecule has 1 aliphatic rings. The van der Waals surface area contributed by atoms with Gasteiger partial charge in [-0.2, -0.15) is 4.98 Å². The molecule has 0 radical (unpaired) electrons. The molecule has 25 heavy (non-hydrogen) atoms. The fourth-order valence-corrected chi connectivity index (χ4v) is 2.90. The summed E-state index contributed by atoms with van der Waals surface area (Å²) in [6.45, 7) is 2.42. The third-order valence-corrected chi connectivity index (χ3v) is 4.37. The number of hydrogen-bond donors (Lipinski definition) is 1. The monoisotopic (exact) mass is 385 g/mol. The summed E-state index contributed by atoms with van der Waals surface area (Å²) in [7, 11) is 1.56. The quantitative estimate of drug-likeness (QED) is 0.806. The Hall–Kier alpha value is -1.76. The normalized spacial score (nSPS) is 15.5. The van der Waals surface area contributed by atoms with Crippen molar-refractivity contribution in [1.82, 2.24) is 10.1 Å². The number of rotatable bonds is 6.